The van der Waals surface area contributed by atoms with E-state index >= 15 is 0 Å². The molecular weight excluding hydrogens is 358 g/mol. The first-order chi connectivity index (χ1) is 10.2. The largest absolute Gasteiger partial charge is 0.398 e. The van der Waals surface area contributed by atoms with E-state index in [4.69, 9.17) is 34.7 Å². The number of hydrogen-bond donors (Lipinski definition) is 2. The molecule has 0 unspecified atom stereocenters. The van der Waals surface area contributed by atoms with E-state index in [0.717, 1.165) is 12.8 Å². The minimum absolute atomic E-state index is 0.150. The Hall–Kier alpha value is -0.630. The first kappa shape index (κ1) is 17.7. The Labute approximate surface area is 140 Å². The number of benzene rings is 1. The lowest BCUT2D eigenvalue weighted by atomic mass is 10.1. The fourth-order valence-electron chi connectivity index (χ4n) is 1.84. The van der Waals surface area contributed by atoms with Gasteiger partial charge in [0, 0.05) is 16.9 Å². The molecule has 1 aliphatic rings. The van der Waals surface area contributed by atoms with Gasteiger partial charge >= 0.3 is 6.18 Å². The molecule has 3 nitrogen and oxygen atoms in total. The third kappa shape index (κ3) is 4.22. The summed E-state index contributed by atoms with van der Waals surface area (Å²) in [6.45, 7) is 0.378. The lowest BCUT2D eigenvalue weighted by Gasteiger charge is -2.13. The van der Waals surface area contributed by atoms with Crippen molar-refractivity contribution in [3.8, 4) is 0 Å². The highest BCUT2D eigenvalue weighted by atomic mass is 35.5. The molecule has 0 heterocycles. The van der Waals surface area contributed by atoms with E-state index in [1.165, 1.54) is 12.1 Å². The van der Waals surface area contributed by atoms with E-state index in [9.17, 15) is 13.2 Å². The molecule has 0 atom stereocenters. The summed E-state index contributed by atoms with van der Waals surface area (Å²) < 4.78 is 37.0. The smallest absolute Gasteiger partial charge is 0.387 e. The molecule has 1 fully saturated rings. The Kier molecular flexibility index (Phi) is 5.21. The second-order valence-corrected chi connectivity index (χ2v) is 6.95. The van der Waals surface area contributed by atoms with E-state index in [1.807, 2.05) is 0 Å². The molecule has 2 rings (SSSR count). The quantitative estimate of drug-likeness (QED) is 0.458. The number of alkyl halides is 3. The van der Waals surface area contributed by atoms with E-state index < -0.39 is 11.9 Å². The number of rotatable bonds is 5. The second-order valence-electron chi connectivity index (χ2n) is 5.12. The van der Waals surface area contributed by atoms with Gasteiger partial charge in [-0.05, 0) is 25.0 Å². The SMILES string of the molecule is NCC1(C(N)=Nc2cc(SCC(F)(F)F)c(Cl)cc2Cl)CC1. The number of nitrogens with zero attached hydrogens (tertiary/aromatic N) is 1. The van der Waals surface area contributed by atoms with Gasteiger partial charge in [-0.15, -0.1) is 11.8 Å². The lowest BCUT2D eigenvalue weighted by molar-refractivity contribution is -0.105. The summed E-state index contributed by atoms with van der Waals surface area (Å²) in [5.74, 6) is -0.689. The number of halogens is 5. The van der Waals surface area contributed by atoms with Gasteiger partial charge in [0.1, 0.15) is 5.84 Å². The minimum atomic E-state index is -4.28. The Morgan fingerprint density at radius 1 is 1.27 bits per heavy atom. The van der Waals surface area contributed by atoms with Crippen LogP contribution in [0.15, 0.2) is 22.0 Å². The van der Waals surface area contributed by atoms with Crippen molar-refractivity contribution < 1.29 is 13.2 Å². The Bertz CT molecular complexity index is 601. The highest BCUT2D eigenvalue weighted by molar-refractivity contribution is 7.99. The molecule has 122 valence electrons. The highest BCUT2D eigenvalue weighted by Crippen LogP contribution is 2.46. The number of nitrogens with two attached hydrogens (primary N) is 2. The lowest BCUT2D eigenvalue weighted by Crippen LogP contribution is -2.31. The minimum Gasteiger partial charge on any atom is -0.387 e. The van der Waals surface area contributed by atoms with Crippen LogP contribution in [-0.4, -0.2) is 24.3 Å². The van der Waals surface area contributed by atoms with Crippen LogP contribution in [-0.2, 0) is 0 Å². The Morgan fingerprint density at radius 2 is 1.91 bits per heavy atom. The molecule has 0 spiro atoms. The average Bonchev–Trinajstić information content (AvgIpc) is 3.20. The van der Waals surface area contributed by atoms with Crippen LogP contribution in [0.1, 0.15) is 12.8 Å². The van der Waals surface area contributed by atoms with Gasteiger partial charge in [0.05, 0.1) is 21.5 Å². The highest BCUT2D eigenvalue weighted by Gasteiger charge is 2.45. The first-order valence-electron chi connectivity index (χ1n) is 6.40. The van der Waals surface area contributed by atoms with Gasteiger partial charge in [0.2, 0.25) is 0 Å². The van der Waals surface area contributed by atoms with Crippen LogP contribution in [0.25, 0.3) is 0 Å². The van der Waals surface area contributed by atoms with Gasteiger partial charge < -0.3 is 11.5 Å². The number of aliphatic imine (C=N–C) groups is 1. The van der Waals surface area contributed by atoms with Gasteiger partial charge in [-0.3, -0.25) is 0 Å². The molecule has 0 saturated heterocycles. The fourth-order valence-corrected chi connectivity index (χ4v) is 3.14. The molecule has 0 bridgehead atoms. The second kappa shape index (κ2) is 6.47. The number of hydrogen-bond acceptors (Lipinski definition) is 3. The van der Waals surface area contributed by atoms with Crippen molar-refractivity contribution >= 4 is 46.5 Å². The van der Waals surface area contributed by atoms with Gasteiger partial charge in [-0.1, -0.05) is 23.2 Å². The molecule has 0 amide bonds. The van der Waals surface area contributed by atoms with Crippen LogP contribution in [0.5, 0.6) is 0 Å². The van der Waals surface area contributed by atoms with Crippen molar-refractivity contribution in [2.45, 2.75) is 23.9 Å². The van der Waals surface area contributed by atoms with Gasteiger partial charge in [-0.2, -0.15) is 13.2 Å². The summed E-state index contributed by atoms with van der Waals surface area (Å²) in [6, 6.07) is 2.79. The standard InChI is InChI=1S/C13H14Cl2F3N3S/c14-7-3-8(15)10(22-6-13(16,17)18)4-9(7)21-11(20)12(5-19)1-2-12/h3-4H,1-2,5-6,19H2,(H2,20,21). The third-order valence-corrected chi connectivity index (χ3v) is 5.27. The maximum atomic E-state index is 12.3. The summed E-state index contributed by atoms with van der Waals surface area (Å²) in [6.07, 6.45) is -2.59. The van der Waals surface area contributed by atoms with E-state index in [1.54, 1.807) is 0 Å². The summed E-state index contributed by atoms with van der Waals surface area (Å²) in [4.78, 5) is 4.50. The maximum absolute atomic E-state index is 12.3. The molecule has 0 aliphatic heterocycles. The van der Waals surface area contributed by atoms with Gasteiger partial charge in [0.15, 0.2) is 0 Å². The molecule has 0 radical (unpaired) electrons. The molecule has 22 heavy (non-hydrogen) atoms. The summed E-state index contributed by atoms with van der Waals surface area (Å²) in [5, 5.41) is 0.383. The summed E-state index contributed by atoms with van der Waals surface area (Å²) in [7, 11) is 0. The van der Waals surface area contributed by atoms with Crippen LogP contribution < -0.4 is 11.5 Å². The van der Waals surface area contributed by atoms with Gasteiger partial charge in [-0.25, -0.2) is 4.99 Å². The van der Waals surface area contributed by atoms with Crippen molar-refractivity contribution in [1.82, 2.24) is 0 Å². The topological polar surface area (TPSA) is 64.4 Å². The molecule has 9 heteroatoms. The fraction of sp³-hybridized carbons (Fsp3) is 0.462. The summed E-state index contributed by atoms with van der Waals surface area (Å²) >= 11 is 12.5. The monoisotopic (exact) mass is 371 g/mol. The van der Waals surface area contributed by atoms with Crippen LogP contribution in [0.4, 0.5) is 18.9 Å². The Balaban J connectivity index is 2.27. The zero-order valence-corrected chi connectivity index (χ0v) is 13.7. The van der Waals surface area contributed by atoms with Crippen molar-refractivity contribution in [3.05, 3.63) is 22.2 Å². The van der Waals surface area contributed by atoms with Crippen LogP contribution in [0.2, 0.25) is 10.0 Å². The normalized spacial score (nSPS) is 17.6. The maximum Gasteiger partial charge on any atom is 0.398 e. The van der Waals surface area contributed by atoms with Crippen LogP contribution in [0, 0.1) is 5.41 Å². The van der Waals surface area contributed by atoms with E-state index in [-0.39, 0.29) is 20.4 Å². The zero-order valence-electron chi connectivity index (χ0n) is 11.4. The van der Waals surface area contributed by atoms with Crippen molar-refractivity contribution in [1.29, 1.82) is 0 Å². The average molecular weight is 372 g/mol. The predicted octanol–water partition coefficient (Wildman–Crippen LogP) is 4.38. The first-order valence-corrected chi connectivity index (χ1v) is 8.14. The van der Waals surface area contributed by atoms with Crippen molar-refractivity contribution in [2.24, 2.45) is 21.9 Å². The molecule has 1 aromatic rings. The Morgan fingerprint density at radius 3 is 2.41 bits per heavy atom. The molecule has 4 N–H and O–H groups in total. The van der Waals surface area contributed by atoms with E-state index in [0.29, 0.717) is 29.8 Å². The van der Waals surface area contributed by atoms with E-state index in [2.05, 4.69) is 4.99 Å². The summed E-state index contributed by atoms with van der Waals surface area (Å²) in [5.41, 5.74) is 11.6. The van der Waals surface area contributed by atoms with Crippen LogP contribution in [0.3, 0.4) is 0 Å². The third-order valence-electron chi connectivity index (χ3n) is 3.42. The molecular formula is C13H14Cl2F3N3S. The molecule has 0 aromatic heterocycles. The van der Waals surface area contributed by atoms with Crippen molar-refractivity contribution in [2.75, 3.05) is 12.3 Å². The van der Waals surface area contributed by atoms with Crippen molar-refractivity contribution in [3.63, 3.8) is 0 Å². The zero-order chi connectivity index (χ0) is 16.5. The number of amidine groups is 1. The molecule has 1 saturated carbocycles. The van der Waals surface area contributed by atoms with Gasteiger partial charge in [0.25, 0.3) is 0 Å². The van der Waals surface area contributed by atoms with Crippen LogP contribution >= 0.6 is 35.0 Å². The molecule has 1 aromatic carbocycles. The number of thioether (sulfide) groups is 1. The predicted molar refractivity (Wildman–Crippen MR) is 85.2 cm³/mol. The molecule has 1 aliphatic carbocycles.